The molecule has 0 saturated carbocycles. The van der Waals surface area contributed by atoms with Crippen LogP contribution in [0.25, 0.3) is 0 Å². The molecule has 2 nitrogen and oxygen atoms in total. The minimum atomic E-state index is -0.387. The number of aliphatic hydroxyl groups is 1. The third-order valence-electron chi connectivity index (χ3n) is 2.54. The summed E-state index contributed by atoms with van der Waals surface area (Å²) in [5.41, 5.74) is 2.39. The highest BCUT2D eigenvalue weighted by Gasteiger charge is 2.08. The van der Waals surface area contributed by atoms with Crippen molar-refractivity contribution in [3.8, 4) is 0 Å². The fourth-order valence-electron chi connectivity index (χ4n) is 1.44. The normalized spacial score (nSPS) is 12.6. The largest absolute Gasteiger partial charge is 0.374 e. The van der Waals surface area contributed by atoms with E-state index in [1.165, 1.54) is 5.56 Å². The molecule has 0 heterocycles. The molecule has 0 radical (unpaired) electrons. The van der Waals surface area contributed by atoms with E-state index in [2.05, 4.69) is 19.1 Å². The van der Waals surface area contributed by atoms with Gasteiger partial charge in [0.1, 0.15) is 6.23 Å². The molecule has 78 valence electrons. The molecule has 0 fully saturated rings. The summed E-state index contributed by atoms with van der Waals surface area (Å²) in [6.07, 6.45) is 1.39. The molecule has 2 heteroatoms. The second-order valence-electron chi connectivity index (χ2n) is 3.52. The standard InChI is InChI=1S/C12H19NO/c1-4-10-7-6-8-11(9-10)13(3)12(14)5-2/h6-9,12,14H,4-5H2,1-3H3. The van der Waals surface area contributed by atoms with Crippen molar-refractivity contribution in [2.45, 2.75) is 32.9 Å². The third-order valence-corrected chi connectivity index (χ3v) is 2.54. The number of rotatable bonds is 4. The Balaban J connectivity index is 2.83. The molecule has 1 atom stereocenters. The predicted octanol–water partition coefficient (Wildman–Crippen LogP) is 2.41. The zero-order chi connectivity index (χ0) is 10.6. The lowest BCUT2D eigenvalue weighted by molar-refractivity contribution is 0.170. The first kappa shape index (κ1) is 11.1. The van der Waals surface area contributed by atoms with Crippen LogP contribution in [-0.2, 0) is 6.42 Å². The summed E-state index contributed by atoms with van der Waals surface area (Å²) >= 11 is 0. The summed E-state index contributed by atoms with van der Waals surface area (Å²) in [5, 5.41) is 9.67. The van der Waals surface area contributed by atoms with Crippen molar-refractivity contribution >= 4 is 5.69 Å². The molecule has 1 N–H and O–H groups in total. The predicted molar refractivity (Wildman–Crippen MR) is 60.5 cm³/mol. The Hall–Kier alpha value is -1.02. The van der Waals surface area contributed by atoms with Crippen molar-refractivity contribution in [1.82, 2.24) is 0 Å². The van der Waals surface area contributed by atoms with E-state index in [0.29, 0.717) is 0 Å². The van der Waals surface area contributed by atoms with E-state index in [1.54, 1.807) is 0 Å². The van der Waals surface area contributed by atoms with Gasteiger partial charge in [0.2, 0.25) is 0 Å². The summed E-state index contributed by atoms with van der Waals surface area (Å²) in [6, 6.07) is 8.29. The number of hydrogen-bond donors (Lipinski definition) is 1. The van der Waals surface area contributed by atoms with Gasteiger partial charge in [-0.15, -0.1) is 0 Å². The van der Waals surface area contributed by atoms with E-state index in [-0.39, 0.29) is 6.23 Å². The van der Waals surface area contributed by atoms with E-state index < -0.39 is 0 Å². The van der Waals surface area contributed by atoms with Gasteiger partial charge in [-0.1, -0.05) is 26.0 Å². The molecule has 14 heavy (non-hydrogen) atoms. The van der Waals surface area contributed by atoms with Gasteiger partial charge in [-0.05, 0) is 30.5 Å². The maximum atomic E-state index is 9.67. The number of aryl methyl sites for hydroxylation is 1. The molecule has 0 bridgehead atoms. The number of anilines is 1. The van der Waals surface area contributed by atoms with E-state index >= 15 is 0 Å². The van der Waals surface area contributed by atoms with E-state index in [0.717, 1.165) is 18.5 Å². The fourth-order valence-corrected chi connectivity index (χ4v) is 1.44. The van der Waals surface area contributed by atoms with Crippen molar-refractivity contribution in [3.05, 3.63) is 29.8 Å². The molecule has 1 aromatic carbocycles. The van der Waals surface area contributed by atoms with Crippen LogP contribution in [-0.4, -0.2) is 18.4 Å². The molecule has 0 aliphatic rings. The van der Waals surface area contributed by atoms with Crippen molar-refractivity contribution in [1.29, 1.82) is 0 Å². The quantitative estimate of drug-likeness (QED) is 0.742. The Morgan fingerprint density at radius 1 is 1.36 bits per heavy atom. The molecule has 0 spiro atoms. The smallest absolute Gasteiger partial charge is 0.126 e. The van der Waals surface area contributed by atoms with Gasteiger partial charge in [0, 0.05) is 12.7 Å². The molecule has 0 aliphatic heterocycles. The third kappa shape index (κ3) is 2.48. The van der Waals surface area contributed by atoms with Gasteiger partial charge >= 0.3 is 0 Å². The molecule has 0 aliphatic carbocycles. The molecule has 0 amide bonds. The van der Waals surface area contributed by atoms with Gasteiger partial charge in [0.25, 0.3) is 0 Å². The van der Waals surface area contributed by atoms with Gasteiger partial charge < -0.3 is 10.0 Å². The zero-order valence-corrected chi connectivity index (χ0v) is 9.20. The first-order valence-electron chi connectivity index (χ1n) is 5.18. The zero-order valence-electron chi connectivity index (χ0n) is 9.20. The topological polar surface area (TPSA) is 23.5 Å². The highest BCUT2D eigenvalue weighted by Crippen LogP contribution is 2.17. The maximum Gasteiger partial charge on any atom is 0.126 e. The Bertz CT molecular complexity index is 285. The van der Waals surface area contributed by atoms with Crippen LogP contribution in [0, 0.1) is 0 Å². The second kappa shape index (κ2) is 5.01. The number of aliphatic hydroxyl groups excluding tert-OH is 1. The molecule has 0 saturated heterocycles. The van der Waals surface area contributed by atoms with E-state index in [4.69, 9.17) is 0 Å². The summed E-state index contributed by atoms with van der Waals surface area (Å²) < 4.78 is 0. The summed E-state index contributed by atoms with van der Waals surface area (Å²) in [6.45, 7) is 4.11. The van der Waals surface area contributed by atoms with Gasteiger partial charge in [-0.25, -0.2) is 0 Å². The van der Waals surface area contributed by atoms with Crippen LogP contribution >= 0.6 is 0 Å². The van der Waals surface area contributed by atoms with Crippen molar-refractivity contribution in [3.63, 3.8) is 0 Å². The van der Waals surface area contributed by atoms with Crippen LogP contribution in [0.3, 0.4) is 0 Å². The maximum absolute atomic E-state index is 9.67. The average molecular weight is 193 g/mol. The Kier molecular flexibility index (Phi) is 3.96. The Morgan fingerprint density at radius 2 is 2.07 bits per heavy atom. The highest BCUT2D eigenvalue weighted by atomic mass is 16.3. The van der Waals surface area contributed by atoms with Gasteiger partial charge in [-0.3, -0.25) is 0 Å². The Morgan fingerprint density at radius 3 is 2.64 bits per heavy atom. The first-order chi connectivity index (χ1) is 6.69. The minimum Gasteiger partial charge on any atom is -0.374 e. The molecular weight excluding hydrogens is 174 g/mol. The molecule has 1 rings (SSSR count). The lowest BCUT2D eigenvalue weighted by atomic mass is 10.1. The molecule has 0 aromatic heterocycles. The summed E-state index contributed by atoms with van der Waals surface area (Å²) in [4.78, 5) is 1.90. The number of benzene rings is 1. The molecule has 1 unspecified atom stereocenters. The van der Waals surface area contributed by atoms with Crippen LogP contribution in [0.4, 0.5) is 5.69 Å². The minimum absolute atomic E-state index is 0.387. The van der Waals surface area contributed by atoms with Crippen LogP contribution in [0.2, 0.25) is 0 Å². The second-order valence-corrected chi connectivity index (χ2v) is 3.52. The van der Waals surface area contributed by atoms with Crippen LogP contribution in [0.1, 0.15) is 25.8 Å². The van der Waals surface area contributed by atoms with Crippen LogP contribution in [0.15, 0.2) is 24.3 Å². The van der Waals surface area contributed by atoms with E-state index in [9.17, 15) is 5.11 Å². The fraction of sp³-hybridized carbons (Fsp3) is 0.500. The lowest BCUT2D eigenvalue weighted by Gasteiger charge is -2.25. The van der Waals surface area contributed by atoms with Crippen molar-refractivity contribution < 1.29 is 5.11 Å². The van der Waals surface area contributed by atoms with Gasteiger partial charge in [0.05, 0.1) is 0 Å². The first-order valence-corrected chi connectivity index (χ1v) is 5.18. The Labute approximate surface area is 86.2 Å². The van der Waals surface area contributed by atoms with Crippen LogP contribution < -0.4 is 4.90 Å². The van der Waals surface area contributed by atoms with Gasteiger partial charge in [0.15, 0.2) is 0 Å². The van der Waals surface area contributed by atoms with Crippen molar-refractivity contribution in [2.24, 2.45) is 0 Å². The lowest BCUT2D eigenvalue weighted by Crippen LogP contribution is -2.30. The summed E-state index contributed by atoms with van der Waals surface area (Å²) in [7, 11) is 1.92. The van der Waals surface area contributed by atoms with E-state index in [1.807, 2.05) is 31.0 Å². The highest BCUT2D eigenvalue weighted by molar-refractivity contribution is 5.48. The SMILES string of the molecule is CCc1cccc(N(C)C(O)CC)c1. The van der Waals surface area contributed by atoms with Crippen molar-refractivity contribution in [2.75, 3.05) is 11.9 Å². The molecule has 1 aromatic rings. The summed E-state index contributed by atoms with van der Waals surface area (Å²) in [5.74, 6) is 0. The number of nitrogens with zero attached hydrogens (tertiary/aromatic N) is 1. The van der Waals surface area contributed by atoms with Crippen LogP contribution in [0.5, 0.6) is 0 Å². The number of hydrogen-bond acceptors (Lipinski definition) is 2. The molecular formula is C12H19NO. The monoisotopic (exact) mass is 193 g/mol. The average Bonchev–Trinajstić information content (AvgIpc) is 2.27. The van der Waals surface area contributed by atoms with Gasteiger partial charge in [-0.2, -0.15) is 0 Å².